The van der Waals surface area contributed by atoms with E-state index in [0.29, 0.717) is 0 Å². The lowest BCUT2D eigenvalue weighted by molar-refractivity contribution is 0.660. The number of fused-ring (bicyclic) bond motifs is 8. The Balaban J connectivity index is 0.984. The zero-order valence-electron chi connectivity index (χ0n) is 32.3. The van der Waals surface area contributed by atoms with E-state index in [1.54, 1.807) is 0 Å². The fraction of sp³-hybridized carbons (Fsp3) is 0.0556. The van der Waals surface area contributed by atoms with Crippen molar-refractivity contribution >= 4 is 66.8 Å². The SMILES string of the molecule is CC1(C)c2ccccc2-c2ccc(N(c3ccccc3)c3ccc(N(c4ccccc4)c4ccc(-c5cccc6oc7ccc8ccccc8c7c56)nc4)cc3)cc21. The largest absolute Gasteiger partial charge is 0.456 e. The number of hydrogen-bond donors (Lipinski definition) is 0. The van der Waals surface area contributed by atoms with Crippen molar-refractivity contribution in [2.45, 2.75) is 19.3 Å². The minimum Gasteiger partial charge on any atom is -0.456 e. The van der Waals surface area contributed by atoms with Crippen molar-refractivity contribution in [2.75, 3.05) is 9.80 Å². The molecule has 1 aliphatic rings. The molecule has 4 nitrogen and oxygen atoms in total. The van der Waals surface area contributed by atoms with E-state index in [2.05, 4.69) is 212 Å². The van der Waals surface area contributed by atoms with Gasteiger partial charge < -0.3 is 14.2 Å². The van der Waals surface area contributed by atoms with Crippen LogP contribution in [0, 0.1) is 0 Å². The second-order valence-corrected chi connectivity index (χ2v) is 15.6. The van der Waals surface area contributed by atoms with Gasteiger partial charge in [0.25, 0.3) is 0 Å². The lowest BCUT2D eigenvalue weighted by Crippen LogP contribution is -2.16. The van der Waals surface area contributed by atoms with Gasteiger partial charge >= 0.3 is 0 Å². The Morgan fingerprint density at radius 3 is 1.71 bits per heavy atom. The first-order chi connectivity index (χ1) is 28.5. The van der Waals surface area contributed by atoms with Crippen molar-refractivity contribution < 1.29 is 4.42 Å². The molecule has 0 radical (unpaired) electrons. The van der Waals surface area contributed by atoms with Crippen LogP contribution in [-0.2, 0) is 5.41 Å². The molecule has 4 heteroatoms. The summed E-state index contributed by atoms with van der Waals surface area (Å²) in [7, 11) is 0. The van der Waals surface area contributed by atoms with Gasteiger partial charge in [-0.25, -0.2) is 0 Å². The fourth-order valence-electron chi connectivity index (χ4n) is 9.11. The molecule has 0 unspecified atom stereocenters. The van der Waals surface area contributed by atoms with Crippen molar-refractivity contribution in [1.29, 1.82) is 0 Å². The van der Waals surface area contributed by atoms with Gasteiger partial charge in [0.2, 0.25) is 0 Å². The molecule has 0 atom stereocenters. The number of nitrogens with zero attached hydrogens (tertiary/aromatic N) is 3. The van der Waals surface area contributed by atoms with Gasteiger partial charge in [0.05, 0.1) is 17.6 Å². The lowest BCUT2D eigenvalue weighted by Gasteiger charge is -2.29. The predicted octanol–water partition coefficient (Wildman–Crippen LogP) is 15.0. The van der Waals surface area contributed by atoms with E-state index in [0.717, 1.165) is 67.3 Å². The molecule has 2 heterocycles. The Morgan fingerprint density at radius 2 is 0.983 bits per heavy atom. The topological polar surface area (TPSA) is 32.5 Å². The summed E-state index contributed by atoms with van der Waals surface area (Å²) >= 11 is 0. The normalized spacial score (nSPS) is 12.8. The molecule has 0 spiro atoms. The summed E-state index contributed by atoms with van der Waals surface area (Å²) in [6.45, 7) is 4.68. The van der Waals surface area contributed by atoms with E-state index in [4.69, 9.17) is 9.40 Å². The van der Waals surface area contributed by atoms with Crippen LogP contribution < -0.4 is 9.80 Å². The summed E-state index contributed by atoms with van der Waals surface area (Å²) in [5, 5.41) is 4.58. The van der Waals surface area contributed by atoms with Crippen molar-refractivity contribution in [1.82, 2.24) is 4.98 Å². The Kier molecular flexibility index (Phi) is 7.80. The van der Waals surface area contributed by atoms with Gasteiger partial charge in [0.1, 0.15) is 11.2 Å². The lowest BCUT2D eigenvalue weighted by atomic mass is 9.82. The van der Waals surface area contributed by atoms with Crippen LogP contribution in [0.4, 0.5) is 34.1 Å². The molecular formula is C54H39N3O. The maximum absolute atomic E-state index is 6.39. The highest BCUT2D eigenvalue weighted by molar-refractivity contribution is 6.22. The highest BCUT2D eigenvalue weighted by Crippen LogP contribution is 2.51. The van der Waals surface area contributed by atoms with Gasteiger partial charge in [-0.2, -0.15) is 0 Å². The summed E-state index contributed by atoms with van der Waals surface area (Å²) in [5.74, 6) is 0. The smallest absolute Gasteiger partial charge is 0.136 e. The number of anilines is 6. The first-order valence-electron chi connectivity index (χ1n) is 19.9. The molecule has 0 amide bonds. The maximum Gasteiger partial charge on any atom is 0.136 e. The third kappa shape index (κ3) is 5.41. The molecule has 276 valence electrons. The average Bonchev–Trinajstić information content (AvgIpc) is 3.78. The molecule has 0 fully saturated rings. The van der Waals surface area contributed by atoms with Crippen LogP contribution in [0.25, 0.3) is 55.1 Å². The summed E-state index contributed by atoms with van der Waals surface area (Å²) in [6.07, 6.45) is 1.98. The summed E-state index contributed by atoms with van der Waals surface area (Å²) in [4.78, 5) is 9.75. The molecule has 0 bridgehead atoms. The van der Waals surface area contributed by atoms with E-state index >= 15 is 0 Å². The highest BCUT2D eigenvalue weighted by atomic mass is 16.3. The predicted molar refractivity (Wildman–Crippen MR) is 241 cm³/mol. The second-order valence-electron chi connectivity index (χ2n) is 15.6. The van der Waals surface area contributed by atoms with E-state index in [1.807, 2.05) is 12.3 Å². The van der Waals surface area contributed by atoms with Gasteiger partial charge in [0, 0.05) is 50.2 Å². The summed E-state index contributed by atoms with van der Waals surface area (Å²) in [5.41, 5.74) is 15.3. The highest BCUT2D eigenvalue weighted by Gasteiger charge is 2.35. The Bertz CT molecular complexity index is 3130. The summed E-state index contributed by atoms with van der Waals surface area (Å²) < 4.78 is 6.39. The van der Waals surface area contributed by atoms with E-state index in [-0.39, 0.29) is 5.41 Å². The molecule has 1 aliphatic carbocycles. The Labute approximate surface area is 337 Å². The number of pyridine rings is 1. The zero-order chi connectivity index (χ0) is 38.8. The molecule has 10 aromatic rings. The Hall–Kier alpha value is -7.43. The zero-order valence-corrected chi connectivity index (χ0v) is 32.3. The van der Waals surface area contributed by atoms with Crippen LogP contribution in [0.3, 0.4) is 0 Å². The third-order valence-electron chi connectivity index (χ3n) is 11.9. The molecule has 0 saturated carbocycles. The molecule has 0 N–H and O–H groups in total. The molecule has 11 rings (SSSR count). The van der Waals surface area contributed by atoms with Crippen LogP contribution >= 0.6 is 0 Å². The number of benzene rings is 8. The van der Waals surface area contributed by atoms with Crippen molar-refractivity contribution in [2.24, 2.45) is 0 Å². The van der Waals surface area contributed by atoms with Crippen LogP contribution in [0.15, 0.2) is 205 Å². The Morgan fingerprint density at radius 1 is 0.414 bits per heavy atom. The molecule has 8 aromatic carbocycles. The monoisotopic (exact) mass is 745 g/mol. The van der Waals surface area contributed by atoms with E-state index in [9.17, 15) is 0 Å². The minimum atomic E-state index is -0.0961. The van der Waals surface area contributed by atoms with Crippen LogP contribution in [0.2, 0.25) is 0 Å². The van der Waals surface area contributed by atoms with E-state index in [1.165, 1.54) is 33.0 Å². The van der Waals surface area contributed by atoms with Crippen LogP contribution in [-0.4, -0.2) is 4.98 Å². The van der Waals surface area contributed by atoms with Crippen molar-refractivity contribution in [3.8, 4) is 22.4 Å². The average molecular weight is 746 g/mol. The van der Waals surface area contributed by atoms with Crippen LogP contribution in [0.5, 0.6) is 0 Å². The minimum absolute atomic E-state index is 0.0961. The third-order valence-corrected chi connectivity index (χ3v) is 11.9. The maximum atomic E-state index is 6.39. The van der Waals surface area contributed by atoms with Gasteiger partial charge in [-0.15, -0.1) is 0 Å². The van der Waals surface area contributed by atoms with Gasteiger partial charge in [-0.1, -0.05) is 123 Å². The van der Waals surface area contributed by atoms with Gasteiger partial charge in [-0.3, -0.25) is 4.98 Å². The van der Waals surface area contributed by atoms with Gasteiger partial charge in [0.15, 0.2) is 0 Å². The molecule has 2 aromatic heterocycles. The molecule has 58 heavy (non-hydrogen) atoms. The first-order valence-corrected chi connectivity index (χ1v) is 19.9. The quantitative estimate of drug-likeness (QED) is 0.163. The standard InChI is InChI=1S/C54H39N3O/c1-54(2)47-22-12-11-20-44(47)45-31-29-41(34-48(45)54)56(37-15-5-3-6-16-37)39-25-27-40(28-26-39)57(38-17-7-4-8-18-38)42-30-32-49(55-35-42)46-21-13-23-50-53(46)52-43-19-10-9-14-36(43)24-33-51(52)58-50/h3-35H,1-2H3. The van der Waals surface area contributed by atoms with Gasteiger partial charge in [-0.05, 0) is 118 Å². The molecule has 0 aliphatic heterocycles. The molecule has 0 saturated heterocycles. The number of para-hydroxylation sites is 2. The summed E-state index contributed by atoms with van der Waals surface area (Å²) in [6, 6.07) is 69.0. The number of rotatable bonds is 7. The number of hydrogen-bond acceptors (Lipinski definition) is 4. The van der Waals surface area contributed by atoms with Crippen molar-refractivity contribution in [3.63, 3.8) is 0 Å². The first kappa shape index (κ1) is 33.9. The number of aromatic nitrogens is 1. The van der Waals surface area contributed by atoms with E-state index < -0.39 is 0 Å². The number of furan rings is 1. The molecular weight excluding hydrogens is 707 g/mol. The van der Waals surface area contributed by atoms with Crippen molar-refractivity contribution in [3.05, 3.63) is 211 Å². The van der Waals surface area contributed by atoms with Crippen LogP contribution in [0.1, 0.15) is 25.0 Å². The fourth-order valence-corrected chi connectivity index (χ4v) is 9.11. The second kappa shape index (κ2) is 13.4.